The number of halogens is 1. The van der Waals surface area contributed by atoms with E-state index in [1.807, 2.05) is 29.2 Å². The van der Waals surface area contributed by atoms with Gasteiger partial charge in [-0.05, 0) is 37.6 Å². The van der Waals surface area contributed by atoms with E-state index in [0.717, 1.165) is 15.6 Å². The number of nitriles is 1. The van der Waals surface area contributed by atoms with Gasteiger partial charge in [-0.2, -0.15) is 10.4 Å². The van der Waals surface area contributed by atoms with Gasteiger partial charge in [-0.25, -0.2) is 0 Å². The van der Waals surface area contributed by atoms with Gasteiger partial charge in [0.25, 0.3) is 0 Å². The normalized spacial score (nSPS) is 10.5. The average molecular weight is 290 g/mol. The summed E-state index contributed by atoms with van der Waals surface area (Å²) in [6.45, 7) is 4.16. The molecule has 0 unspecified atom stereocenters. The Morgan fingerprint density at radius 1 is 1.29 bits per heavy atom. The van der Waals surface area contributed by atoms with Crippen LogP contribution in [0.2, 0.25) is 0 Å². The molecule has 3 nitrogen and oxygen atoms in total. The highest BCUT2D eigenvalue weighted by molar-refractivity contribution is 9.10. The van der Waals surface area contributed by atoms with Crippen molar-refractivity contribution in [2.45, 2.75) is 19.9 Å². The summed E-state index contributed by atoms with van der Waals surface area (Å²) < 4.78 is 2.81. The maximum atomic E-state index is 8.94. The van der Waals surface area contributed by atoms with Crippen LogP contribution in [0.25, 0.3) is 11.1 Å². The van der Waals surface area contributed by atoms with Gasteiger partial charge in [0, 0.05) is 22.3 Å². The van der Waals surface area contributed by atoms with Crippen molar-refractivity contribution < 1.29 is 0 Å². The highest BCUT2D eigenvalue weighted by Gasteiger charge is 2.06. The van der Waals surface area contributed by atoms with Crippen LogP contribution in [-0.2, 0) is 0 Å². The molecule has 0 fully saturated rings. The number of hydrogen-bond donors (Lipinski definition) is 0. The Balaban J connectivity index is 2.45. The van der Waals surface area contributed by atoms with Crippen molar-refractivity contribution >= 4 is 15.9 Å². The third kappa shape index (κ3) is 2.56. The molecule has 0 aliphatic carbocycles. The minimum atomic E-state index is 0.339. The zero-order valence-corrected chi connectivity index (χ0v) is 11.3. The number of benzene rings is 1. The van der Waals surface area contributed by atoms with Crippen molar-refractivity contribution in [3.63, 3.8) is 0 Å². The Bertz CT molecular complexity index is 579. The van der Waals surface area contributed by atoms with E-state index in [-0.39, 0.29) is 0 Å². The van der Waals surface area contributed by atoms with Crippen molar-refractivity contribution in [1.82, 2.24) is 9.78 Å². The van der Waals surface area contributed by atoms with Crippen LogP contribution >= 0.6 is 15.9 Å². The van der Waals surface area contributed by atoms with E-state index in [1.54, 1.807) is 6.07 Å². The Labute approximate surface area is 109 Å². The first-order valence-corrected chi connectivity index (χ1v) is 6.14. The Morgan fingerprint density at radius 2 is 2.06 bits per heavy atom. The molecule has 0 aliphatic rings. The molecule has 0 atom stereocenters. The Hall–Kier alpha value is -1.60. The standard InChI is InChI=1S/C13H12BrN3/c1-9(2)17-8-12(7-16-17)11-3-10(6-15)4-13(14)5-11/h3-5,7-9H,1-2H3. The summed E-state index contributed by atoms with van der Waals surface area (Å²) in [5, 5.41) is 13.2. The molecular weight excluding hydrogens is 278 g/mol. The van der Waals surface area contributed by atoms with E-state index < -0.39 is 0 Å². The lowest BCUT2D eigenvalue weighted by atomic mass is 10.1. The fourth-order valence-electron chi connectivity index (χ4n) is 1.59. The van der Waals surface area contributed by atoms with Gasteiger partial charge in [0.15, 0.2) is 0 Å². The third-order valence-electron chi connectivity index (χ3n) is 2.49. The second kappa shape index (κ2) is 4.72. The SMILES string of the molecule is CC(C)n1cc(-c2cc(Br)cc(C#N)c2)cn1. The molecule has 86 valence electrons. The summed E-state index contributed by atoms with van der Waals surface area (Å²) >= 11 is 3.41. The van der Waals surface area contributed by atoms with E-state index >= 15 is 0 Å². The molecule has 0 spiro atoms. The maximum absolute atomic E-state index is 8.94. The summed E-state index contributed by atoms with van der Waals surface area (Å²) in [6, 6.07) is 8.15. The van der Waals surface area contributed by atoms with Crippen LogP contribution in [0.5, 0.6) is 0 Å². The number of rotatable bonds is 2. The van der Waals surface area contributed by atoms with Gasteiger partial charge in [-0.3, -0.25) is 4.68 Å². The van der Waals surface area contributed by atoms with Gasteiger partial charge in [0.05, 0.1) is 17.8 Å². The van der Waals surface area contributed by atoms with Crippen LogP contribution in [0, 0.1) is 11.3 Å². The second-order valence-corrected chi connectivity index (χ2v) is 5.06. The molecule has 2 aromatic rings. The fraction of sp³-hybridized carbons (Fsp3) is 0.231. The lowest BCUT2D eigenvalue weighted by molar-refractivity contribution is 0.532. The van der Waals surface area contributed by atoms with E-state index in [1.165, 1.54) is 0 Å². The molecule has 0 bridgehead atoms. The molecule has 0 aliphatic heterocycles. The van der Waals surface area contributed by atoms with Crippen LogP contribution < -0.4 is 0 Å². The zero-order valence-electron chi connectivity index (χ0n) is 9.68. The van der Waals surface area contributed by atoms with Crippen LogP contribution in [0.15, 0.2) is 35.1 Å². The first-order valence-electron chi connectivity index (χ1n) is 5.35. The van der Waals surface area contributed by atoms with E-state index in [4.69, 9.17) is 5.26 Å². The molecule has 0 saturated carbocycles. The lowest BCUT2D eigenvalue weighted by Gasteiger charge is -2.03. The molecule has 1 heterocycles. The van der Waals surface area contributed by atoms with Gasteiger partial charge in [0.2, 0.25) is 0 Å². The molecule has 0 radical (unpaired) electrons. The maximum Gasteiger partial charge on any atom is 0.0992 e. The van der Waals surface area contributed by atoms with Gasteiger partial charge in [0.1, 0.15) is 0 Å². The van der Waals surface area contributed by atoms with Crippen molar-refractivity contribution in [1.29, 1.82) is 5.26 Å². The predicted octanol–water partition coefficient (Wildman–Crippen LogP) is 3.77. The van der Waals surface area contributed by atoms with Crippen LogP contribution in [0.4, 0.5) is 0 Å². The van der Waals surface area contributed by atoms with E-state index in [9.17, 15) is 0 Å². The smallest absolute Gasteiger partial charge is 0.0992 e. The molecule has 0 N–H and O–H groups in total. The van der Waals surface area contributed by atoms with E-state index in [0.29, 0.717) is 11.6 Å². The third-order valence-corrected chi connectivity index (χ3v) is 2.95. The largest absolute Gasteiger partial charge is 0.270 e. The van der Waals surface area contributed by atoms with Gasteiger partial charge in [-0.1, -0.05) is 15.9 Å². The zero-order chi connectivity index (χ0) is 12.4. The first-order chi connectivity index (χ1) is 8.10. The number of hydrogen-bond acceptors (Lipinski definition) is 2. The van der Waals surface area contributed by atoms with Crippen LogP contribution in [-0.4, -0.2) is 9.78 Å². The van der Waals surface area contributed by atoms with Crippen molar-refractivity contribution in [2.75, 3.05) is 0 Å². The summed E-state index contributed by atoms with van der Waals surface area (Å²) in [6.07, 6.45) is 3.82. The Kier molecular flexibility index (Phi) is 3.30. The number of aromatic nitrogens is 2. The molecule has 17 heavy (non-hydrogen) atoms. The minimum Gasteiger partial charge on any atom is -0.270 e. The monoisotopic (exact) mass is 289 g/mol. The highest BCUT2D eigenvalue weighted by atomic mass is 79.9. The highest BCUT2D eigenvalue weighted by Crippen LogP contribution is 2.25. The average Bonchev–Trinajstić information content (AvgIpc) is 2.77. The summed E-state index contributed by atoms with van der Waals surface area (Å²) in [5.41, 5.74) is 2.67. The van der Waals surface area contributed by atoms with Crippen molar-refractivity contribution in [3.8, 4) is 17.2 Å². The summed E-state index contributed by atoms with van der Waals surface area (Å²) in [5.74, 6) is 0. The fourth-order valence-corrected chi connectivity index (χ4v) is 2.08. The molecule has 1 aromatic heterocycles. The predicted molar refractivity (Wildman–Crippen MR) is 70.5 cm³/mol. The molecule has 0 saturated heterocycles. The van der Waals surface area contributed by atoms with Gasteiger partial charge >= 0.3 is 0 Å². The Morgan fingerprint density at radius 3 is 2.65 bits per heavy atom. The van der Waals surface area contributed by atoms with Crippen molar-refractivity contribution in [2.24, 2.45) is 0 Å². The molecule has 2 rings (SSSR count). The van der Waals surface area contributed by atoms with Crippen LogP contribution in [0.1, 0.15) is 25.5 Å². The van der Waals surface area contributed by atoms with E-state index in [2.05, 4.69) is 40.9 Å². The topological polar surface area (TPSA) is 41.6 Å². The van der Waals surface area contributed by atoms with Gasteiger partial charge < -0.3 is 0 Å². The molecule has 4 heteroatoms. The molecule has 1 aromatic carbocycles. The van der Waals surface area contributed by atoms with Gasteiger partial charge in [-0.15, -0.1) is 0 Å². The quantitative estimate of drug-likeness (QED) is 0.845. The van der Waals surface area contributed by atoms with Crippen LogP contribution in [0.3, 0.4) is 0 Å². The second-order valence-electron chi connectivity index (χ2n) is 4.14. The summed E-state index contributed by atoms with van der Waals surface area (Å²) in [4.78, 5) is 0. The molecule has 0 amide bonds. The molecular formula is C13H12BrN3. The summed E-state index contributed by atoms with van der Waals surface area (Å²) in [7, 11) is 0. The minimum absolute atomic E-state index is 0.339. The van der Waals surface area contributed by atoms with Crippen molar-refractivity contribution in [3.05, 3.63) is 40.6 Å². The lowest BCUT2D eigenvalue weighted by Crippen LogP contribution is -1.99. The first kappa shape index (κ1) is 11.9. The number of nitrogens with zero attached hydrogens (tertiary/aromatic N) is 3.